The van der Waals surface area contributed by atoms with Gasteiger partial charge in [-0.25, -0.2) is 0 Å². The van der Waals surface area contributed by atoms with Crippen molar-refractivity contribution in [3.05, 3.63) is 0 Å². The molecule has 0 aromatic rings. The molecule has 0 aromatic carbocycles. The molecule has 0 spiro atoms. The molecule has 18 heavy (non-hydrogen) atoms. The minimum atomic E-state index is -0.575. The number of nitrogens with two attached hydrogens (primary N) is 1. The van der Waals surface area contributed by atoms with Crippen LogP contribution in [-0.2, 0) is 9.59 Å². The second kappa shape index (κ2) is 5.69. The van der Waals surface area contributed by atoms with E-state index in [-0.39, 0.29) is 23.8 Å². The van der Waals surface area contributed by atoms with Crippen molar-refractivity contribution < 1.29 is 9.59 Å². The highest BCUT2D eigenvalue weighted by atomic mass is 16.2. The normalized spacial score (nSPS) is 17.7. The second-order valence-electron chi connectivity index (χ2n) is 6.13. The van der Waals surface area contributed by atoms with Crippen LogP contribution < -0.4 is 5.73 Å². The maximum atomic E-state index is 12.1. The summed E-state index contributed by atoms with van der Waals surface area (Å²) in [5.74, 6) is -0.153. The summed E-state index contributed by atoms with van der Waals surface area (Å²) in [5.41, 5.74) is 5.62. The molecule has 104 valence electrons. The van der Waals surface area contributed by atoms with Crippen molar-refractivity contribution >= 4 is 11.8 Å². The fraction of sp³-hybridized carbons (Fsp3) is 0.846. The van der Waals surface area contributed by atoms with Gasteiger partial charge in [0, 0.05) is 20.1 Å². The van der Waals surface area contributed by atoms with Crippen LogP contribution in [0, 0.1) is 5.41 Å². The summed E-state index contributed by atoms with van der Waals surface area (Å²) in [6, 6.07) is -0.575. The lowest BCUT2D eigenvalue weighted by molar-refractivity contribution is -0.140. The van der Waals surface area contributed by atoms with Crippen molar-refractivity contribution in [3.63, 3.8) is 0 Å². The van der Waals surface area contributed by atoms with Crippen LogP contribution in [0.4, 0.5) is 0 Å². The van der Waals surface area contributed by atoms with Crippen LogP contribution in [-0.4, -0.2) is 54.3 Å². The first-order chi connectivity index (χ1) is 8.23. The summed E-state index contributed by atoms with van der Waals surface area (Å²) in [6.45, 7) is 7.52. The lowest BCUT2D eigenvalue weighted by Gasteiger charge is -2.30. The van der Waals surface area contributed by atoms with Gasteiger partial charge in [0.25, 0.3) is 0 Å². The van der Waals surface area contributed by atoms with E-state index in [0.717, 1.165) is 25.9 Å². The standard InChI is InChI=1S/C13H25N3O2/c1-13(2,3)11(14)12(18)15(4)9-10(17)16-7-5-6-8-16/h11H,5-9,14H2,1-4H3/t11-/m0/s1. The molecule has 1 aliphatic rings. The summed E-state index contributed by atoms with van der Waals surface area (Å²) in [5, 5.41) is 0. The maximum absolute atomic E-state index is 12.1. The molecular formula is C13H25N3O2. The van der Waals surface area contributed by atoms with Crippen LogP contribution in [0.1, 0.15) is 33.6 Å². The van der Waals surface area contributed by atoms with Crippen LogP contribution in [0.3, 0.4) is 0 Å². The Balaban J connectivity index is 2.51. The van der Waals surface area contributed by atoms with Crippen molar-refractivity contribution in [2.75, 3.05) is 26.7 Å². The van der Waals surface area contributed by atoms with Crippen LogP contribution in [0.5, 0.6) is 0 Å². The molecule has 2 N–H and O–H groups in total. The van der Waals surface area contributed by atoms with Crippen molar-refractivity contribution in [3.8, 4) is 0 Å². The van der Waals surface area contributed by atoms with E-state index in [4.69, 9.17) is 5.73 Å². The van der Waals surface area contributed by atoms with Gasteiger partial charge >= 0.3 is 0 Å². The Bertz CT molecular complexity index is 317. The molecule has 0 aliphatic carbocycles. The Morgan fingerprint density at radius 3 is 2.22 bits per heavy atom. The highest BCUT2D eigenvalue weighted by Gasteiger charge is 2.31. The van der Waals surface area contributed by atoms with Gasteiger partial charge in [0.2, 0.25) is 11.8 Å². The lowest BCUT2D eigenvalue weighted by atomic mass is 9.86. The van der Waals surface area contributed by atoms with Gasteiger partial charge in [0.15, 0.2) is 0 Å². The summed E-state index contributed by atoms with van der Waals surface area (Å²) < 4.78 is 0. The van der Waals surface area contributed by atoms with E-state index in [9.17, 15) is 9.59 Å². The van der Waals surface area contributed by atoms with Gasteiger partial charge in [0.05, 0.1) is 12.6 Å². The zero-order valence-electron chi connectivity index (χ0n) is 11.9. The van der Waals surface area contributed by atoms with E-state index in [1.807, 2.05) is 25.7 Å². The zero-order valence-corrected chi connectivity index (χ0v) is 11.9. The first-order valence-corrected chi connectivity index (χ1v) is 6.52. The monoisotopic (exact) mass is 255 g/mol. The Labute approximate surface area is 109 Å². The van der Waals surface area contributed by atoms with E-state index in [1.54, 1.807) is 7.05 Å². The molecule has 5 nitrogen and oxygen atoms in total. The minimum absolute atomic E-state index is 0.0180. The molecule has 1 heterocycles. The van der Waals surface area contributed by atoms with Crippen molar-refractivity contribution in [1.82, 2.24) is 9.80 Å². The predicted molar refractivity (Wildman–Crippen MR) is 70.9 cm³/mol. The van der Waals surface area contributed by atoms with Gasteiger partial charge in [-0.2, -0.15) is 0 Å². The third-order valence-corrected chi connectivity index (χ3v) is 3.41. The fourth-order valence-corrected chi connectivity index (χ4v) is 1.96. The number of carbonyl (C=O) groups excluding carboxylic acids is 2. The Morgan fingerprint density at radius 1 is 1.28 bits per heavy atom. The summed E-state index contributed by atoms with van der Waals surface area (Å²) in [6.07, 6.45) is 2.12. The van der Waals surface area contributed by atoms with E-state index in [0.29, 0.717) is 0 Å². The average Bonchev–Trinajstić information content (AvgIpc) is 2.78. The Kier molecular flexibility index (Phi) is 4.73. The number of rotatable bonds is 3. The smallest absolute Gasteiger partial charge is 0.242 e. The largest absolute Gasteiger partial charge is 0.341 e. The van der Waals surface area contributed by atoms with Crippen molar-refractivity contribution in [2.24, 2.45) is 11.1 Å². The summed E-state index contributed by atoms with van der Waals surface area (Å²) >= 11 is 0. The van der Waals surface area contributed by atoms with Gasteiger partial charge < -0.3 is 15.5 Å². The highest BCUT2D eigenvalue weighted by Crippen LogP contribution is 2.18. The summed E-state index contributed by atoms with van der Waals surface area (Å²) in [7, 11) is 1.64. The first kappa shape index (κ1) is 15.0. The third-order valence-electron chi connectivity index (χ3n) is 3.41. The number of carbonyl (C=O) groups is 2. The van der Waals surface area contributed by atoms with E-state index in [1.165, 1.54) is 4.90 Å². The van der Waals surface area contributed by atoms with Gasteiger partial charge in [-0.05, 0) is 18.3 Å². The average molecular weight is 255 g/mol. The molecule has 1 rings (SSSR count). The highest BCUT2D eigenvalue weighted by molar-refractivity contribution is 5.87. The third kappa shape index (κ3) is 3.70. The van der Waals surface area contributed by atoms with Gasteiger partial charge in [-0.1, -0.05) is 20.8 Å². The molecule has 1 atom stereocenters. The van der Waals surface area contributed by atoms with Gasteiger partial charge in [0.1, 0.15) is 0 Å². The van der Waals surface area contributed by atoms with E-state index >= 15 is 0 Å². The number of hydrogen-bond donors (Lipinski definition) is 1. The zero-order chi connectivity index (χ0) is 13.9. The molecule has 5 heteroatoms. The minimum Gasteiger partial charge on any atom is -0.341 e. The van der Waals surface area contributed by atoms with Gasteiger partial charge in [-0.15, -0.1) is 0 Å². The van der Waals surface area contributed by atoms with E-state index in [2.05, 4.69) is 0 Å². The van der Waals surface area contributed by atoms with Crippen LogP contribution in [0.15, 0.2) is 0 Å². The molecule has 1 aliphatic heterocycles. The quantitative estimate of drug-likeness (QED) is 0.796. The Morgan fingerprint density at radius 2 is 1.78 bits per heavy atom. The molecule has 1 fully saturated rings. The van der Waals surface area contributed by atoms with Crippen LogP contribution >= 0.6 is 0 Å². The molecule has 0 unspecified atom stereocenters. The number of likely N-dealkylation sites (N-methyl/N-ethyl adjacent to an activating group) is 1. The maximum Gasteiger partial charge on any atom is 0.242 e. The molecule has 0 bridgehead atoms. The number of nitrogens with zero attached hydrogens (tertiary/aromatic N) is 2. The topological polar surface area (TPSA) is 66.6 Å². The second-order valence-corrected chi connectivity index (χ2v) is 6.13. The fourth-order valence-electron chi connectivity index (χ4n) is 1.96. The molecular weight excluding hydrogens is 230 g/mol. The van der Waals surface area contributed by atoms with Crippen LogP contribution in [0.25, 0.3) is 0 Å². The lowest BCUT2D eigenvalue weighted by Crippen LogP contribution is -2.51. The van der Waals surface area contributed by atoms with E-state index < -0.39 is 6.04 Å². The van der Waals surface area contributed by atoms with Crippen LogP contribution in [0.2, 0.25) is 0 Å². The van der Waals surface area contributed by atoms with Crippen molar-refractivity contribution in [1.29, 1.82) is 0 Å². The molecule has 0 saturated carbocycles. The van der Waals surface area contributed by atoms with Crippen molar-refractivity contribution in [2.45, 2.75) is 39.7 Å². The predicted octanol–water partition coefficient (Wildman–Crippen LogP) is 0.441. The summed E-state index contributed by atoms with van der Waals surface area (Å²) in [4.78, 5) is 27.2. The molecule has 1 saturated heterocycles. The molecule has 2 amide bonds. The molecule has 0 radical (unpaired) electrons. The first-order valence-electron chi connectivity index (χ1n) is 6.52. The number of amides is 2. The Hall–Kier alpha value is -1.10. The van der Waals surface area contributed by atoms with Gasteiger partial charge in [-0.3, -0.25) is 9.59 Å². The SMILES string of the molecule is CN(CC(=O)N1CCCC1)C(=O)[C@H](N)C(C)(C)C. The number of hydrogen-bond acceptors (Lipinski definition) is 3. The number of likely N-dealkylation sites (tertiary alicyclic amines) is 1. The molecule has 0 aromatic heterocycles.